The van der Waals surface area contributed by atoms with Crippen molar-refractivity contribution in [3.8, 4) is 0 Å². The van der Waals surface area contributed by atoms with Gasteiger partial charge in [0.15, 0.2) is 0 Å². The van der Waals surface area contributed by atoms with Crippen LogP contribution in [-0.4, -0.2) is 24.6 Å². The summed E-state index contributed by atoms with van der Waals surface area (Å²) in [5, 5.41) is 0. The number of sulfonamides is 1. The fourth-order valence-electron chi connectivity index (χ4n) is 3.37. The van der Waals surface area contributed by atoms with Crippen molar-refractivity contribution in [1.82, 2.24) is 4.31 Å². The molecule has 5 heteroatoms. The van der Waals surface area contributed by atoms with E-state index >= 15 is 0 Å². The van der Waals surface area contributed by atoms with Crippen LogP contribution in [0.25, 0.3) is 0 Å². The predicted molar refractivity (Wildman–Crippen MR) is 101 cm³/mol. The summed E-state index contributed by atoms with van der Waals surface area (Å²) in [5.74, 6) is 0.563. The van der Waals surface area contributed by atoms with Gasteiger partial charge in [-0.2, -0.15) is 0 Å². The molecule has 0 aromatic heterocycles. The van der Waals surface area contributed by atoms with Crippen molar-refractivity contribution in [3.63, 3.8) is 0 Å². The molecule has 0 amide bonds. The van der Waals surface area contributed by atoms with Crippen LogP contribution in [0.2, 0.25) is 0 Å². The maximum Gasteiger partial charge on any atom is 0.265 e. The Morgan fingerprint density at radius 3 is 2.28 bits per heavy atom. The summed E-state index contributed by atoms with van der Waals surface area (Å²) in [7, 11) is -3.59. The lowest BCUT2D eigenvalue weighted by Gasteiger charge is -2.37. The van der Waals surface area contributed by atoms with E-state index in [1.807, 2.05) is 44.2 Å². The zero-order valence-corrected chi connectivity index (χ0v) is 15.7. The minimum atomic E-state index is -3.59. The van der Waals surface area contributed by atoms with Crippen molar-refractivity contribution in [2.24, 2.45) is 4.99 Å². The van der Waals surface area contributed by atoms with E-state index in [1.165, 1.54) is 4.31 Å². The van der Waals surface area contributed by atoms with Gasteiger partial charge in [-0.1, -0.05) is 55.0 Å². The summed E-state index contributed by atoms with van der Waals surface area (Å²) in [4.78, 5) is 5.03. The molecule has 3 rings (SSSR count). The molecule has 0 unspecified atom stereocenters. The van der Waals surface area contributed by atoms with E-state index in [9.17, 15) is 8.42 Å². The van der Waals surface area contributed by atoms with Crippen molar-refractivity contribution in [1.29, 1.82) is 0 Å². The first-order valence-corrected chi connectivity index (χ1v) is 10.1. The highest BCUT2D eigenvalue weighted by molar-refractivity contribution is 7.89. The second-order valence-electron chi connectivity index (χ2n) is 6.51. The molecule has 0 saturated carbocycles. The Hall–Kier alpha value is -2.14. The number of rotatable bonds is 4. The van der Waals surface area contributed by atoms with Gasteiger partial charge < -0.3 is 0 Å². The van der Waals surface area contributed by atoms with Crippen LogP contribution in [0.3, 0.4) is 0 Å². The van der Waals surface area contributed by atoms with E-state index in [-0.39, 0.29) is 12.1 Å². The lowest BCUT2D eigenvalue weighted by molar-refractivity contribution is 0.345. The zero-order chi connectivity index (χ0) is 18.0. The van der Waals surface area contributed by atoms with Crippen LogP contribution >= 0.6 is 0 Å². The highest BCUT2D eigenvalue weighted by Gasteiger charge is 2.36. The van der Waals surface area contributed by atoms with E-state index in [0.29, 0.717) is 17.2 Å². The molecule has 0 N–H and O–H groups in total. The monoisotopic (exact) mass is 356 g/mol. The molecule has 25 heavy (non-hydrogen) atoms. The van der Waals surface area contributed by atoms with Gasteiger partial charge in [0.05, 0.1) is 10.9 Å². The molecule has 0 aliphatic carbocycles. The lowest BCUT2D eigenvalue weighted by atomic mass is 9.97. The Morgan fingerprint density at radius 1 is 1.04 bits per heavy atom. The van der Waals surface area contributed by atoms with Crippen molar-refractivity contribution in [2.75, 3.05) is 0 Å². The van der Waals surface area contributed by atoms with Crippen LogP contribution in [0.5, 0.6) is 0 Å². The van der Waals surface area contributed by atoms with Crippen LogP contribution in [0.15, 0.2) is 64.5 Å². The molecule has 4 nitrogen and oxygen atoms in total. The maximum absolute atomic E-state index is 13.2. The molecule has 0 fully saturated rings. The average molecular weight is 356 g/mol. The SMILES string of the molecule is CC[C@H]1C[C@@H](c2ccccc2)N=C(C)N1S(=O)(=O)c1ccc(C)cc1. The van der Waals surface area contributed by atoms with Gasteiger partial charge >= 0.3 is 0 Å². The van der Waals surface area contributed by atoms with Gasteiger partial charge in [0.2, 0.25) is 0 Å². The largest absolute Gasteiger partial charge is 0.265 e. The molecule has 0 radical (unpaired) electrons. The fourth-order valence-corrected chi connectivity index (χ4v) is 5.09. The van der Waals surface area contributed by atoms with E-state index in [4.69, 9.17) is 4.99 Å². The highest BCUT2D eigenvalue weighted by atomic mass is 32.2. The molecular formula is C20H24N2O2S. The molecule has 0 saturated heterocycles. The van der Waals surface area contributed by atoms with Crippen LogP contribution in [0.4, 0.5) is 0 Å². The highest BCUT2D eigenvalue weighted by Crippen LogP contribution is 2.34. The van der Waals surface area contributed by atoms with Crippen molar-refractivity contribution in [2.45, 2.75) is 50.6 Å². The summed E-state index contributed by atoms with van der Waals surface area (Å²) in [6.07, 6.45) is 1.45. The maximum atomic E-state index is 13.2. The van der Waals surface area contributed by atoms with Crippen LogP contribution in [-0.2, 0) is 10.0 Å². The summed E-state index contributed by atoms with van der Waals surface area (Å²) in [6, 6.07) is 17.0. The number of aryl methyl sites for hydroxylation is 1. The van der Waals surface area contributed by atoms with Crippen molar-refractivity contribution < 1.29 is 8.42 Å². The Morgan fingerprint density at radius 2 is 1.68 bits per heavy atom. The number of aliphatic imine (C=N–C) groups is 1. The molecule has 2 atom stereocenters. The first-order chi connectivity index (χ1) is 11.9. The minimum Gasteiger partial charge on any atom is -0.264 e. The summed E-state index contributed by atoms with van der Waals surface area (Å²) >= 11 is 0. The van der Waals surface area contributed by atoms with E-state index in [1.54, 1.807) is 19.1 Å². The lowest BCUT2D eigenvalue weighted by Crippen LogP contribution is -2.46. The number of benzene rings is 2. The van der Waals surface area contributed by atoms with E-state index in [0.717, 1.165) is 17.5 Å². The zero-order valence-electron chi connectivity index (χ0n) is 14.9. The first-order valence-electron chi connectivity index (χ1n) is 8.64. The Kier molecular flexibility index (Phi) is 4.95. The quantitative estimate of drug-likeness (QED) is 0.819. The molecule has 2 aromatic rings. The number of hydrogen-bond acceptors (Lipinski definition) is 3. The molecule has 0 spiro atoms. The molecule has 2 aromatic carbocycles. The van der Waals surface area contributed by atoms with E-state index in [2.05, 4.69) is 12.1 Å². The summed E-state index contributed by atoms with van der Waals surface area (Å²) < 4.78 is 27.8. The molecule has 132 valence electrons. The number of amidine groups is 1. The summed E-state index contributed by atoms with van der Waals surface area (Å²) in [5.41, 5.74) is 2.17. The van der Waals surface area contributed by atoms with Gasteiger partial charge in [-0.05, 0) is 44.4 Å². The predicted octanol–water partition coefficient (Wildman–Crippen LogP) is 4.33. The van der Waals surface area contributed by atoms with Gasteiger partial charge in [-0.15, -0.1) is 0 Å². The van der Waals surface area contributed by atoms with Crippen LogP contribution < -0.4 is 0 Å². The number of nitrogens with zero attached hydrogens (tertiary/aromatic N) is 2. The summed E-state index contributed by atoms with van der Waals surface area (Å²) in [6.45, 7) is 5.77. The van der Waals surface area contributed by atoms with Crippen LogP contribution in [0, 0.1) is 6.92 Å². The van der Waals surface area contributed by atoms with Gasteiger partial charge in [0.1, 0.15) is 5.84 Å². The molecule has 1 aliphatic heterocycles. The molecule has 0 bridgehead atoms. The average Bonchev–Trinajstić information content (AvgIpc) is 2.61. The third kappa shape index (κ3) is 3.47. The standard InChI is InChI=1S/C20H24N2O2S/c1-4-18-14-20(17-8-6-5-7-9-17)21-16(3)22(18)25(23,24)19-12-10-15(2)11-13-19/h5-13,18,20H,4,14H2,1-3H3/t18-,20-/m0/s1. The third-order valence-corrected chi connectivity index (χ3v) is 6.67. The first kappa shape index (κ1) is 17.7. The third-order valence-electron chi connectivity index (χ3n) is 4.72. The smallest absolute Gasteiger partial charge is 0.264 e. The second kappa shape index (κ2) is 7.00. The van der Waals surface area contributed by atoms with Crippen molar-refractivity contribution in [3.05, 3.63) is 65.7 Å². The normalized spacial score (nSPS) is 21.1. The van der Waals surface area contributed by atoms with E-state index < -0.39 is 10.0 Å². The Labute approximate surface area is 150 Å². The number of hydrogen-bond donors (Lipinski definition) is 0. The second-order valence-corrected chi connectivity index (χ2v) is 8.33. The van der Waals surface area contributed by atoms with Gasteiger partial charge in [0.25, 0.3) is 10.0 Å². The van der Waals surface area contributed by atoms with Gasteiger partial charge in [-0.25, -0.2) is 8.42 Å². The molecular weight excluding hydrogens is 332 g/mol. The van der Waals surface area contributed by atoms with Crippen molar-refractivity contribution >= 4 is 15.9 Å². The van der Waals surface area contributed by atoms with Gasteiger partial charge in [0, 0.05) is 6.04 Å². The fraction of sp³-hybridized carbons (Fsp3) is 0.350. The molecule has 1 aliphatic rings. The minimum absolute atomic E-state index is 0.00983. The van der Waals surface area contributed by atoms with Crippen LogP contribution in [0.1, 0.15) is 43.9 Å². The Balaban J connectivity index is 1.99. The molecule has 1 heterocycles. The Bertz CT molecular complexity index is 858. The van der Waals surface area contributed by atoms with Gasteiger partial charge in [-0.3, -0.25) is 9.30 Å². The topological polar surface area (TPSA) is 49.7 Å².